The van der Waals surface area contributed by atoms with E-state index in [1.54, 1.807) is 28.8 Å². The van der Waals surface area contributed by atoms with E-state index in [0.29, 0.717) is 12.1 Å². The summed E-state index contributed by atoms with van der Waals surface area (Å²) in [4.78, 5) is 14.4. The van der Waals surface area contributed by atoms with E-state index >= 15 is 0 Å². The van der Waals surface area contributed by atoms with Gasteiger partial charge in [-0.2, -0.15) is 0 Å². The molecule has 1 atom stereocenters. The number of nitrogens with zero attached hydrogens (tertiary/aromatic N) is 3. The quantitative estimate of drug-likeness (QED) is 0.515. The smallest absolute Gasteiger partial charge is 0.415 e. The highest BCUT2D eigenvalue weighted by atomic mass is 16.6. The molecule has 0 amide bonds. The van der Waals surface area contributed by atoms with E-state index in [1.807, 2.05) is 6.92 Å². The van der Waals surface area contributed by atoms with Gasteiger partial charge in [-0.05, 0) is 35.5 Å². The van der Waals surface area contributed by atoms with Crippen LogP contribution in [0.15, 0.2) is 24.3 Å². The van der Waals surface area contributed by atoms with E-state index in [4.69, 9.17) is 9.84 Å². The molecule has 1 aromatic carbocycles. The number of imidazole rings is 1. The van der Waals surface area contributed by atoms with Crippen LogP contribution in [-0.2, 0) is 13.2 Å². The summed E-state index contributed by atoms with van der Waals surface area (Å²) in [7, 11) is 0. The van der Waals surface area contributed by atoms with E-state index in [9.17, 15) is 10.1 Å². The van der Waals surface area contributed by atoms with Crippen molar-refractivity contribution in [3.63, 3.8) is 0 Å². The third-order valence-electron chi connectivity index (χ3n) is 3.30. The molecule has 0 aliphatic carbocycles. The predicted octanol–water partition coefficient (Wildman–Crippen LogP) is 1.46. The highest BCUT2D eigenvalue weighted by Gasteiger charge is 2.34. The molecule has 1 unspecified atom stereocenters. The number of hydrogen-bond donors (Lipinski definition) is 1. The van der Waals surface area contributed by atoms with Crippen LogP contribution in [0.5, 0.6) is 6.01 Å². The number of hydrogen-bond acceptors (Lipinski definition) is 5. The molecule has 0 saturated heterocycles. The number of fused-ring (bicyclic) bond motifs is 1. The van der Waals surface area contributed by atoms with Crippen molar-refractivity contribution in [2.24, 2.45) is 0 Å². The Labute approximate surface area is 126 Å². The molecular weight excluding hydrogens is 286 g/mol. The summed E-state index contributed by atoms with van der Waals surface area (Å²) in [6.45, 7) is 2.32. The maximum absolute atomic E-state index is 11.1. The second-order valence-electron chi connectivity index (χ2n) is 4.97. The molecule has 1 N–H and O–H groups in total. The van der Waals surface area contributed by atoms with Crippen LogP contribution < -0.4 is 4.74 Å². The molecule has 22 heavy (non-hydrogen) atoms. The van der Waals surface area contributed by atoms with Gasteiger partial charge in [0, 0.05) is 10.5 Å². The fraction of sp³-hybridized carbons (Fsp3) is 0.267. The standard InChI is InChI=1S/C15H13N3O4/c1-10-8-17-13(14(18(20)21)16-15(17)22-10)7-6-11-2-4-12(9-19)5-3-11/h2-5,10,19H,8-9H2,1H3. The number of rotatable bonds is 2. The first kappa shape index (κ1) is 14.1. The van der Waals surface area contributed by atoms with Crippen LogP contribution in [0.25, 0.3) is 0 Å². The van der Waals surface area contributed by atoms with Gasteiger partial charge in [0.2, 0.25) is 0 Å². The van der Waals surface area contributed by atoms with Gasteiger partial charge in [-0.3, -0.25) is 4.57 Å². The van der Waals surface area contributed by atoms with Gasteiger partial charge in [-0.15, -0.1) is 0 Å². The van der Waals surface area contributed by atoms with Gasteiger partial charge in [0.15, 0.2) is 5.69 Å². The van der Waals surface area contributed by atoms with Crippen molar-refractivity contribution in [3.05, 3.63) is 51.2 Å². The highest BCUT2D eigenvalue weighted by Crippen LogP contribution is 2.29. The summed E-state index contributed by atoms with van der Waals surface area (Å²) in [5.74, 6) is 5.41. The minimum absolute atomic E-state index is 0.0372. The van der Waals surface area contributed by atoms with Gasteiger partial charge < -0.3 is 20.0 Å². The number of aliphatic hydroxyl groups excluding tert-OH is 1. The van der Waals surface area contributed by atoms with Crippen molar-refractivity contribution >= 4 is 5.82 Å². The van der Waals surface area contributed by atoms with Gasteiger partial charge in [-0.25, -0.2) is 0 Å². The van der Waals surface area contributed by atoms with Crippen molar-refractivity contribution in [1.29, 1.82) is 0 Å². The second-order valence-corrected chi connectivity index (χ2v) is 4.97. The van der Waals surface area contributed by atoms with E-state index in [1.165, 1.54) is 0 Å². The summed E-state index contributed by atoms with van der Waals surface area (Å²) < 4.78 is 7.04. The van der Waals surface area contributed by atoms with Crippen molar-refractivity contribution in [2.75, 3.05) is 0 Å². The molecule has 0 spiro atoms. The molecule has 2 heterocycles. The Morgan fingerprint density at radius 1 is 1.45 bits per heavy atom. The number of aliphatic hydroxyl groups is 1. The Bertz CT molecular complexity index is 784. The zero-order valence-corrected chi connectivity index (χ0v) is 11.8. The lowest BCUT2D eigenvalue weighted by Crippen LogP contribution is -2.10. The Morgan fingerprint density at radius 2 is 2.18 bits per heavy atom. The lowest BCUT2D eigenvalue weighted by atomic mass is 10.1. The lowest BCUT2D eigenvalue weighted by molar-refractivity contribution is -0.389. The lowest BCUT2D eigenvalue weighted by Gasteiger charge is -1.99. The number of benzene rings is 1. The molecule has 2 aromatic rings. The Kier molecular flexibility index (Phi) is 3.53. The zero-order valence-electron chi connectivity index (χ0n) is 11.8. The topological polar surface area (TPSA) is 90.4 Å². The van der Waals surface area contributed by atoms with Crippen molar-refractivity contribution in [2.45, 2.75) is 26.2 Å². The maximum atomic E-state index is 11.1. The fourth-order valence-corrected chi connectivity index (χ4v) is 2.23. The van der Waals surface area contributed by atoms with Crippen molar-refractivity contribution in [3.8, 4) is 17.9 Å². The molecule has 0 bridgehead atoms. The minimum atomic E-state index is -0.557. The van der Waals surface area contributed by atoms with E-state index in [-0.39, 0.29) is 30.2 Å². The molecule has 0 fully saturated rings. The third-order valence-corrected chi connectivity index (χ3v) is 3.30. The van der Waals surface area contributed by atoms with Gasteiger partial charge >= 0.3 is 11.8 Å². The summed E-state index contributed by atoms with van der Waals surface area (Å²) in [6, 6.07) is 7.25. The van der Waals surface area contributed by atoms with Crippen molar-refractivity contribution < 1.29 is 14.8 Å². The first-order chi connectivity index (χ1) is 10.6. The summed E-state index contributed by atoms with van der Waals surface area (Å²) in [5, 5.41) is 20.1. The van der Waals surface area contributed by atoms with Crippen LogP contribution in [0.2, 0.25) is 0 Å². The van der Waals surface area contributed by atoms with Crippen LogP contribution >= 0.6 is 0 Å². The number of aromatic nitrogens is 2. The first-order valence-electron chi connectivity index (χ1n) is 6.72. The molecule has 0 saturated carbocycles. The molecule has 7 heteroatoms. The van der Waals surface area contributed by atoms with Crippen molar-refractivity contribution in [1.82, 2.24) is 9.55 Å². The number of ether oxygens (including phenoxy) is 1. The molecule has 3 rings (SSSR count). The van der Waals surface area contributed by atoms with Crippen LogP contribution in [0, 0.1) is 22.0 Å². The minimum Gasteiger partial charge on any atom is -0.441 e. The van der Waals surface area contributed by atoms with E-state index in [0.717, 1.165) is 5.56 Å². The third kappa shape index (κ3) is 2.52. The average molecular weight is 299 g/mol. The number of nitro groups is 1. The summed E-state index contributed by atoms with van der Waals surface area (Å²) in [5.41, 5.74) is 1.73. The highest BCUT2D eigenvalue weighted by molar-refractivity contribution is 5.49. The SMILES string of the molecule is CC1Cn2c(nc([N+](=O)[O-])c2C#Cc2ccc(CO)cc2)O1. The molecule has 1 aliphatic heterocycles. The van der Waals surface area contributed by atoms with Crippen LogP contribution in [0.3, 0.4) is 0 Å². The van der Waals surface area contributed by atoms with Crippen LogP contribution in [0.4, 0.5) is 5.82 Å². The Hall–Kier alpha value is -2.85. The molecular formula is C15H13N3O4. The Morgan fingerprint density at radius 3 is 2.82 bits per heavy atom. The van der Waals surface area contributed by atoms with Gasteiger partial charge in [0.25, 0.3) is 0 Å². The van der Waals surface area contributed by atoms with Crippen LogP contribution in [0.1, 0.15) is 23.7 Å². The molecule has 0 radical (unpaired) electrons. The van der Waals surface area contributed by atoms with Gasteiger partial charge in [0.1, 0.15) is 6.10 Å². The largest absolute Gasteiger partial charge is 0.441 e. The monoisotopic (exact) mass is 299 g/mol. The normalized spacial score (nSPS) is 15.6. The fourth-order valence-electron chi connectivity index (χ4n) is 2.23. The Balaban J connectivity index is 1.98. The first-order valence-corrected chi connectivity index (χ1v) is 6.72. The molecule has 7 nitrogen and oxygen atoms in total. The van der Waals surface area contributed by atoms with Gasteiger partial charge in [0.05, 0.1) is 13.2 Å². The molecule has 1 aromatic heterocycles. The predicted molar refractivity (Wildman–Crippen MR) is 77.3 cm³/mol. The zero-order chi connectivity index (χ0) is 15.7. The van der Waals surface area contributed by atoms with E-state index in [2.05, 4.69) is 16.8 Å². The maximum Gasteiger partial charge on any atom is 0.415 e. The van der Waals surface area contributed by atoms with E-state index < -0.39 is 4.92 Å². The average Bonchev–Trinajstić information content (AvgIpc) is 3.02. The van der Waals surface area contributed by atoms with Gasteiger partial charge in [-0.1, -0.05) is 18.1 Å². The van der Waals surface area contributed by atoms with Crippen LogP contribution in [-0.4, -0.2) is 25.7 Å². The summed E-state index contributed by atoms with van der Waals surface area (Å²) >= 11 is 0. The molecule has 1 aliphatic rings. The molecule has 112 valence electrons. The summed E-state index contributed by atoms with van der Waals surface area (Å²) in [6.07, 6.45) is -0.0762. The second kappa shape index (κ2) is 5.50.